The van der Waals surface area contributed by atoms with E-state index in [0.717, 1.165) is 27.6 Å². The summed E-state index contributed by atoms with van der Waals surface area (Å²) in [6.45, 7) is 2.86. The van der Waals surface area contributed by atoms with Crippen LogP contribution in [0, 0.1) is 6.92 Å². The SMILES string of the molecule is COc1ccc(C(CNC(=O)/C=C/c2ccccc2OCc2csc(C)n2)N(C)C)cc1. The Balaban J connectivity index is 1.59. The number of nitrogens with one attached hydrogen (secondary N) is 1. The number of nitrogens with zero attached hydrogens (tertiary/aromatic N) is 2. The summed E-state index contributed by atoms with van der Waals surface area (Å²) in [7, 11) is 5.64. The largest absolute Gasteiger partial charge is 0.497 e. The van der Waals surface area contributed by atoms with Gasteiger partial charge in [0.15, 0.2) is 0 Å². The van der Waals surface area contributed by atoms with Gasteiger partial charge in [-0.3, -0.25) is 4.79 Å². The fourth-order valence-electron chi connectivity index (χ4n) is 3.22. The molecule has 3 aromatic rings. The molecule has 0 saturated heterocycles. The summed E-state index contributed by atoms with van der Waals surface area (Å²) >= 11 is 1.60. The molecule has 0 aliphatic heterocycles. The van der Waals surface area contributed by atoms with Gasteiger partial charge in [0, 0.05) is 23.6 Å². The number of hydrogen-bond acceptors (Lipinski definition) is 6. The number of aromatic nitrogens is 1. The van der Waals surface area contributed by atoms with E-state index in [1.165, 1.54) is 6.08 Å². The normalized spacial score (nSPS) is 12.2. The number of methoxy groups -OCH3 is 1. The molecule has 6 nitrogen and oxygen atoms in total. The molecule has 1 unspecified atom stereocenters. The zero-order valence-electron chi connectivity index (χ0n) is 18.9. The van der Waals surface area contributed by atoms with Gasteiger partial charge < -0.3 is 19.7 Å². The third kappa shape index (κ3) is 6.67. The van der Waals surface area contributed by atoms with Crippen molar-refractivity contribution in [2.24, 2.45) is 0 Å². The predicted octanol–water partition coefficient (Wildman–Crippen LogP) is 4.47. The van der Waals surface area contributed by atoms with Crippen LogP contribution in [-0.4, -0.2) is 43.5 Å². The first-order valence-electron chi connectivity index (χ1n) is 10.4. The summed E-state index contributed by atoms with van der Waals surface area (Å²) in [6, 6.07) is 15.6. The van der Waals surface area contributed by atoms with E-state index in [-0.39, 0.29) is 11.9 Å². The van der Waals surface area contributed by atoms with Crippen molar-refractivity contribution < 1.29 is 14.3 Å². The van der Waals surface area contributed by atoms with E-state index in [1.54, 1.807) is 24.5 Å². The monoisotopic (exact) mass is 451 g/mol. The number of amides is 1. The first-order valence-corrected chi connectivity index (χ1v) is 11.2. The first kappa shape index (κ1) is 23.5. The second-order valence-electron chi connectivity index (χ2n) is 7.52. The molecule has 1 N–H and O–H groups in total. The molecular formula is C25H29N3O3S. The lowest BCUT2D eigenvalue weighted by molar-refractivity contribution is -0.116. The topological polar surface area (TPSA) is 63.7 Å². The van der Waals surface area contributed by atoms with Crippen molar-refractivity contribution >= 4 is 23.3 Å². The first-order chi connectivity index (χ1) is 15.5. The number of aryl methyl sites for hydroxylation is 1. The molecule has 0 bridgehead atoms. The van der Waals surface area contributed by atoms with Crippen molar-refractivity contribution in [2.75, 3.05) is 27.7 Å². The minimum absolute atomic E-state index is 0.0513. The molecule has 32 heavy (non-hydrogen) atoms. The molecule has 1 aromatic heterocycles. The zero-order valence-corrected chi connectivity index (χ0v) is 19.7. The predicted molar refractivity (Wildman–Crippen MR) is 129 cm³/mol. The van der Waals surface area contributed by atoms with Gasteiger partial charge in [-0.25, -0.2) is 4.98 Å². The van der Waals surface area contributed by atoms with E-state index < -0.39 is 0 Å². The summed E-state index contributed by atoms with van der Waals surface area (Å²) in [5.41, 5.74) is 2.85. The van der Waals surface area contributed by atoms with Gasteiger partial charge in [0.25, 0.3) is 0 Å². The second-order valence-corrected chi connectivity index (χ2v) is 8.58. The van der Waals surface area contributed by atoms with Gasteiger partial charge in [0.05, 0.1) is 23.9 Å². The lowest BCUT2D eigenvalue weighted by Gasteiger charge is -2.25. The van der Waals surface area contributed by atoms with Gasteiger partial charge in [-0.15, -0.1) is 11.3 Å². The van der Waals surface area contributed by atoms with Gasteiger partial charge in [0.2, 0.25) is 5.91 Å². The molecule has 0 radical (unpaired) electrons. The number of ether oxygens (including phenoxy) is 2. The lowest BCUT2D eigenvalue weighted by Crippen LogP contribution is -2.33. The highest BCUT2D eigenvalue weighted by molar-refractivity contribution is 7.09. The Bertz CT molecular complexity index is 1040. The second kappa shape index (κ2) is 11.5. The van der Waals surface area contributed by atoms with E-state index in [0.29, 0.717) is 18.9 Å². The van der Waals surface area contributed by atoms with E-state index in [9.17, 15) is 4.79 Å². The highest BCUT2D eigenvalue weighted by Gasteiger charge is 2.15. The van der Waals surface area contributed by atoms with Crippen molar-refractivity contribution in [1.29, 1.82) is 0 Å². The van der Waals surface area contributed by atoms with Crippen LogP contribution < -0.4 is 14.8 Å². The number of rotatable bonds is 10. The zero-order chi connectivity index (χ0) is 22.9. The molecule has 0 aliphatic carbocycles. The van der Waals surface area contributed by atoms with Gasteiger partial charge in [-0.1, -0.05) is 30.3 Å². The van der Waals surface area contributed by atoms with E-state index in [1.807, 2.05) is 74.9 Å². The van der Waals surface area contributed by atoms with Gasteiger partial charge in [-0.05, 0) is 50.9 Å². The number of carbonyl (C=O) groups is 1. The molecular weight excluding hydrogens is 422 g/mol. The fourth-order valence-corrected chi connectivity index (χ4v) is 3.82. The van der Waals surface area contributed by atoms with Crippen molar-refractivity contribution in [2.45, 2.75) is 19.6 Å². The molecule has 1 atom stereocenters. The van der Waals surface area contributed by atoms with Crippen LogP contribution in [0.5, 0.6) is 11.5 Å². The molecule has 0 aliphatic rings. The molecule has 0 saturated carbocycles. The average molecular weight is 452 g/mol. The van der Waals surface area contributed by atoms with Crippen molar-refractivity contribution in [3.63, 3.8) is 0 Å². The molecule has 0 fully saturated rings. The summed E-state index contributed by atoms with van der Waals surface area (Å²) in [5.74, 6) is 1.37. The molecule has 1 amide bonds. The third-order valence-corrected chi connectivity index (χ3v) is 5.79. The molecule has 0 spiro atoms. The number of likely N-dealkylation sites (N-methyl/N-ethyl adjacent to an activating group) is 1. The third-order valence-electron chi connectivity index (χ3n) is 4.97. The minimum atomic E-state index is -0.157. The highest BCUT2D eigenvalue weighted by atomic mass is 32.1. The number of hydrogen-bond donors (Lipinski definition) is 1. The standard InChI is InChI=1S/C25H29N3O3S/c1-18-27-21(17-32-18)16-31-24-8-6-5-7-20(24)11-14-25(29)26-15-23(28(2)3)19-9-12-22(30-4)13-10-19/h5-14,17,23H,15-16H2,1-4H3,(H,26,29)/b14-11+. The number of carbonyl (C=O) groups excluding carboxylic acids is 1. The lowest BCUT2D eigenvalue weighted by atomic mass is 10.1. The van der Waals surface area contributed by atoms with Crippen LogP contribution in [-0.2, 0) is 11.4 Å². The maximum Gasteiger partial charge on any atom is 0.244 e. The van der Waals surface area contributed by atoms with Crippen LogP contribution in [0.25, 0.3) is 6.08 Å². The van der Waals surface area contributed by atoms with Crippen LogP contribution in [0.4, 0.5) is 0 Å². The molecule has 168 valence electrons. The Morgan fingerprint density at radius 1 is 1.19 bits per heavy atom. The van der Waals surface area contributed by atoms with Gasteiger partial charge in [-0.2, -0.15) is 0 Å². The summed E-state index contributed by atoms with van der Waals surface area (Å²) < 4.78 is 11.1. The van der Waals surface area contributed by atoms with Crippen LogP contribution in [0.1, 0.15) is 27.9 Å². The fraction of sp³-hybridized carbons (Fsp3) is 0.280. The molecule has 3 rings (SSSR count). The molecule has 2 aromatic carbocycles. The summed E-state index contributed by atoms with van der Waals surface area (Å²) in [5, 5.41) is 6.00. The molecule has 1 heterocycles. The maximum atomic E-state index is 12.5. The van der Waals surface area contributed by atoms with Crippen LogP contribution >= 0.6 is 11.3 Å². The van der Waals surface area contributed by atoms with Crippen molar-refractivity contribution in [3.05, 3.63) is 81.8 Å². The average Bonchev–Trinajstić information content (AvgIpc) is 3.22. The van der Waals surface area contributed by atoms with Gasteiger partial charge >= 0.3 is 0 Å². The van der Waals surface area contributed by atoms with Crippen molar-refractivity contribution in [1.82, 2.24) is 15.2 Å². The number of benzene rings is 2. The van der Waals surface area contributed by atoms with Gasteiger partial charge in [0.1, 0.15) is 18.1 Å². The Hall–Kier alpha value is -3.16. The number of thiazole rings is 1. The molecule has 7 heteroatoms. The van der Waals surface area contributed by atoms with Crippen LogP contribution in [0.15, 0.2) is 60.0 Å². The quantitative estimate of drug-likeness (QED) is 0.461. The number of para-hydroxylation sites is 1. The van der Waals surface area contributed by atoms with E-state index in [4.69, 9.17) is 9.47 Å². The van der Waals surface area contributed by atoms with Crippen LogP contribution in [0.2, 0.25) is 0 Å². The Labute approximate surface area is 193 Å². The van der Waals surface area contributed by atoms with E-state index in [2.05, 4.69) is 15.2 Å². The smallest absolute Gasteiger partial charge is 0.244 e. The maximum absolute atomic E-state index is 12.5. The summed E-state index contributed by atoms with van der Waals surface area (Å²) in [6.07, 6.45) is 3.31. The Kier molecular flexibility index (Phi) is 8.41. The highest BCUT2D eigenvalue weighted by Crippen LogP contribution is 2.22. The van der Waals surface area contributed by atoms with E-state index >= 15 is 0 Å². The van der Waals surface area contributed by atoms with Crippen molar-refractivity contribution in [3.8, 4) is 11.5 Å². The Morgan fingerprint density at radius 2 is 1.94 bits per heavy atom. The minimum Gasteiger partial charge on any atom is -0.497 e. The Morgan fingerprint density at radius 3 is 2.59 bits per heavy atom. The van der Waals surface area contributed by atoms with Crippen LogP contribution in [0.3, 0.4) is 0 Å². The summed E-state index contributed by atoms with van der Waals surface area (Å²) in [4.78, 5) is 19.0.